The van der Waals surface area contributed by atoms with Crippen molar-refractivity contribution in [3.05, 3.63) is 92.0 Å². The van der Waals surface area contributed by atoms with Gasteiger partial charge in [0.25, 0.3) is 5.91 Å². The van der Waals surface area contributed by atoms with Crippen LogP contribution in [0.1, 0.15) is 16.7 Å². The quantitative estimate of drug-likeness (QED) is 0.249. The lowest BCUT2D eigenvalue weighted by molar-refractivity contribution is -0.127. The Morgan fingerprint density at radius 2 is 1.73 bits per heavy atom. The van der Waals surface area contributed by atoms with E-state index in [0.717, 1.165) is 10.5 Å². The largest absolute Gasteiger partial charge is 0.495 e. The first kappa shape index (κ1) is 26.4. The van der Waals surface area contributed by atoms with Crippen molar-refractivity contribution in [2.45, 2.75) is 13.5 Å². The zero-order valence-electron chi connectivity index (χ0n) is 20.0. The van der Waals surface area contributed by atoms with Crippen LogP contribution in [0.15, 0.2) is 75.3 Å². The molecule has 8 nitrogen and oxygen atoms in total. The molecule has 0 aromatic heterocycles. The smallest absolute Gasteiger partial charge is 0.329 e. The number of methoxy groups -OCH3 is 1. The lowest BCUT2D eigenvalue weighted by Crippen LogP contribution is -2.38. The number of carbonyl (C=O) groups excluding carboxylic acids is 3. The van der Waals surface area contributed by atoms with Gasteiger partial charge in [0.15, 0.2) is 0 Å². The van der Waals surface area contributed by atoms with E-state index < -0.39 is 24.4 Å². The number of hydrogen-bond acceptors (Lipinski definition) is 5. The molecule has 190 valence electrons. The van der Waals surface area contributed by atoms with E-state index in [1.165, 1.54) is 18.7 Å². The van der Waals surface area contributed by atoms with Crippen LogP contribution < -0.4 is 20.1 Å². The maximum Gasteiger partial charge on any atom is 0.329 e. The highest BCUT2D eigenvalue weighted by molar-refractivity contribution is 9.11. The minimum atomic E-state index is -0.678. The highest BCUT2D eigenvalue weighted by Crippen LogP contribution is 2.36. The summed E-state index contributed by atoms with van der Waals surface area (Å²) in [6.07, 6.45) is 1.54. The molecule has 37 heavy (non-hydrogen) atoms. The molecule has 3 aromatic carbocycles. The number of carbonyl (C=O) groups is 3. The molecule has 0 aliphatic carbocycles. The summed E-state index contributed by atoms with van der Waals surface area (Å²) in [5, 5.41) is 5.19. The fraction of sp³-hybridized carbons (Fsp3) is 0.148. The van der Waals surface area contributed by atoms with Gasteiger partial charge in [0, 0.05) is 0 Å². The van der Waals surface area contributed by atoms with Crippen LogP contribution in [0.25, 0.3) is 6.08 Å². The maximum atomic E-state index is 12.9. The van der Waals surface area contributed by atoms with E-state index in [0.29, 0.717) is 38.3 Å². The Balaban J connectivity index is 1.44. The number of nitrogens with zero attached hydrogens (tertiary/aromatic N) is 1. The van der Waals surface area contributed by atoms with Crippen LogP contribution in [-0.2, 0) is 16.2 Å². The first-order chi connectivity index (χ1) is 17.7. The third-order valence-electron chi connectivity index (χ3n) is 5.48. The number of anilines is 1. The van der Waals surface area contributed by atoms with Crippen molar-refractivity contribution in [3.8, 4) is 11.5 Å². The van der Waals surface area contributed by atoms with Crippen LogP contribution in [0.5, 0.6) is 11.5 Å². The number of benzene rings is 3. The molecule has 0 spiro atoms. The maximum absolute atomic E-state index is 12.9. The van der Waals surface area contributed by atoms with E-state index in [9.17, 15) is 14.4 Å². The molecule has 1 heterocycles. The number of rotatable bonds is 8. The second-order valence-corrected chi connectivity index (χ2v) is 9.92. The van der Waals surface area contributed by atoms with Gasteiger partial charge in [0.1, 0.15) is 30.3 Å². The fourth-order valence-electron chi connectivity index (χ4n) is 3.60. The van der Waals surface area contributed by atoms with E-state index in [1.54, 1.807) is 36.4 Å². The van der Waals surface area contributed by atoms with Gasteiger partial charge >= 0.3 is 6.03 Å². The zero-order valence-corrected chi connectivity index (χ0v) is 23.2. The zero-order chi connectivity index (χ0) is 26.5. The minimum Gasteiger partial charge on any atom is -0.495 e. The molecule has 3 aromatic rings. The molecule has 10 heteroatoms. The van der Waals surface area contributed by atoms with Crippen LogP contribution in [0, 0.1) is 6.92 Å². The number of para-hydroxylation sites is 2. The standard InChI is InChI=1S/C27H23Br2N3O5/c1-16-7-9-17(10-8-16)15-37-25-19(28)11-18(12-20(25)29)13-22-26(34)32(27(35)31-22)14-24(33)30-21-5-3-4-6-23(21)36-2/h3-13H,14-15H2,1-2H3,(H,30,33)(H,31,35)/b22-13+. The number of amides is 4. The van der Waals surface area contributed by atoms with Gasteiger partial charge in [-0.2, -0.15) is 0 Å². The SMILES string of the molecule is COc1ccccc1NC(=O)CN1C(=O)N/C(=C/c2cc(Br)c(OCc3ccc(C)cc3)c(Br)c2)C1=O. The summed E-state index contributed by atoms with van der Waals surface area (Å²) in [4.78, 5) is 38.7. The third kappa shape index (κ3) is 6.39. The molecule has 2 N–H and O–H groups in total. The molecule has 0 bridgehead atoms. The Kier molecular flexibility index (Phi) is 8.30. The van der Waals surface area contributed by atoms with Gasteiger partial charge < -0.3 is 20.1 Å². The van der Waals surface area contributed by atoms with Gasteiger partial charge in [-0.25, -0.2) is 9.69 Å². The number of hydrogen-bond donors (Lipinski definition) is 2. The summed E-state index contributed by atoms with van der Waals surface area (Å²) in [6, 6.07) is 17.8. The summed E-state index contributed by atoms with van der Waals surface area (Å²) in [5.41, 5.74) is 3.35. The summed E-state index contributed by atoms with van der Waals surface area (Å²) in [5.74, 6) is -0.0582. The van der Waals surface area contributed by atoms with Crippen molar-refractivity contribution in [3.63, 3.8) is 0 Å². The van der Waals surface area contributed by atoms with Gasteiger partial charge in [-0.05, 0) is 80.3 Å². The predicted molar refractivity (Wildman–Crippen MR) is 147 cm³/mol. The van der Waals surface area contributed by atoms with Crippen molar-refractivity contribution in [2.75, 3.05) is 19.0 Å². The van der Waals surface area contributed by atoms with Crippen molar-refractivity contribution < 1.29 is 23.9 Å². The Bertz CT molecular complexity index is 1370. The van der Waals surface area contributed by atoms with Crippen LogP contribution in [0.3, 0.4) is 0 Å². The van der Waals surface area contributed by atoms with E-state index in [2.05, 4.69) is 42.5 Å². The Morgan fingerprint density at radius 3 is 2.41 bits per heavy atom. The number of ether oxygens (including phenoxy) is 2. The summed E-state index contributed by atoms with van der Waals surface area (Å²) >= 11 is 7.03. The van der Waals surface area contributed by atoms with Gasteiger partial charge in [0.05, 0.1) is 21.7 Å². The van der Waals surface area contributed by atoms with Crippen LogP contribution >= 0.6 is 31.9 Å². The van der Waals surface area contributed by atoms with Gasteiger partial charge in [-0.15, -0.1) is 0 Å². The molecule has 0 saturated carbocycles. The molecule has 1 aliphatic rings. The Morgan fingerprint density at radius 1 is 1.05 bits per heavy atom. The lowest BCUT2D eigenvalue weighted by atomic mass is 10.1. The van der Waals surface area contributed by atoms with Crippen LogP contribution in [0.4, 0.5) is 10.5 Å². The molecule has 4 rings (SSSR count). The number of urea groups is 1. The van der Waals surface area contributed by atoms with E-state index in [-0.39, 0.29) is 5.70 Å². The first-order valence-electron chi connectivity index (χ1n) is 11.2. The predicted octanol–water partition coefficient (Wildman–Crippen LogP) is 5.64. The molecular formula is C27H23Br2N3O5. The lowest BCUT2D eigenvalue weighted by Gasteiger charge is -2.13. The average Bonchev–Trinajstić information content (AvgIpc) is 3.12. The summed E-state index contributed by atoms with van der Waals surface area (Å²) < 4.78 is 12.5. The van der Waals surface area contributed by atoms with Crippen molar-refractivity contribution in [1.29, 1.82) is 0 Å². The van der Waals surface area contributed by atoms with Gasteiger partial charge in [0.2, 0.25) is 5.91 Å². The second-order valence-electron chi connectivity index (χ2n) is 8.22. The monoisotopic (exact) mass is 627 g/mol. The van der Waals surface area contributed by atoms with Crippen molar-refractivity contribution in [2.24, 2.45) is 0 Å². The van der Waals surface area contributed by atoms with Gasteiger partial charge in [-0.1, -0.05) is 42.0 Å². The van der Waals surface area contributed by atoms with E-state index in [1.807, 2.05) is 31.2 Å². The Hall–Kier alpha value is -3.63. The molecule has 4 amide bonds. The van der Waals surface area contributed by atoms with Crippen molar-refractivity contribution >= 4 is 61.5 Å². The third-order valence-corrected chi connectivity index (χ3v) is 6.66. The van der Waals surface area contributed by atoms with Crippen LogP contribution in [-0.4, -0.2) is 36.4 Å². The second kappa shape index (κ2) is 11.6. The van der Waals surface area contributed by atoms with Gasteiger partial charge in [-0.3, -0.25) is 9.59 Å². The van der Waals surface area contributed by atoms with E-state index in [4.69, 9.17) is 9.47 Å². The topological polar surface area (TPSA) is 97.0 Å². The molecule has 0 radical (unpaired) electrons. The molecule has 0 unspecified atom stereocenters. The molecule has 1 fully saturated rings. The first-order valence-corrected chi connectivity index (χ1v) is 12.8. The molecule has 0 atom stereocenters. The minimum absolute atomic E-state index is 0.0576. The molecular weight excluding hydrogens is 606 g/mol. The number of halogens is 2. The highest BCUT2D eigenvalue weighted by Gasteiger charge is 2.35. The molecule has 1 aliphatic heterocycles. The number of nitrogens with one attached hydrogen (secondary N) is 2. The summed E-state index contributed by atoms with van der Waals surface area (Å²) in [6.45, 7) is 1.97. The fourth-order valence-corrected chi connectivity index (χ4v) is 5.05. The van der Waals surface area contributed by atoms with E-state index >= 15 is 0 Å². The number of aryl methyl sites for hydroxylation is 1. The van der Waals surface area contributed by atoms with Crippen LogP contribution in [0.2, 0.25) is 0 Å². The highest BCUT2D eigenvalue weighted by atomic mass is 79.9. The summed E-state index contributed by atoms with van der Waals surface area (Å²) in [7, 11) is 1.49. The molecule has 1 saturated heterocycles. The Labute approximate surface area is 230 Å². The normalized spacial score (nSPS) is 14.1. The number of imide groups is 1. The average molecular weight is 629 g/mol. The van der Waals surface area contributed by atoms with Crippen molar-refractivity contribution in [1.82, 2.24) is 10.2 Å².